The summed E-state index contributed by atoms with van der Waals surface area (Å²) in [5.74, 6) is 1.31. The maximum absolute atomic E-state index is 12.2. The van der Waals surface area contributed by atoms with Crippen LogP contribution in [0.1, 0.15) is 37.1 Å². The zero-order valence-corrected chi connectivity index (χ0v) is 10.6. The SMILES string of the molecule is CC(C)(C)c1nnc2n1C(=O)Cc1ncccc1-2. The number of carbonyl (C=O) groups is 1. The fraction of sp³-hybridized carbons (Fsp3) is 0.385. The van der Waals surface area contributed by atoms with Gasteiger partial charge in [-0.15, -0.1) is 10.2 Å². The largest absolute Gasteiger partial charge is 0.274 e. The lowest BCUT2D eigenvalue weighted by Gasteiger charge is -2.21. The number of aromatic nitrogens is 4. The van der Waals surface area contributed by atoms with E-state index in [9.17, 15) is 4.79 Å². The van der Waals surface area contributed by atoms with Crippen LogP contribution in [0, 0.1) is 0 Å². The van der Waals surface area contributed by atoms with E-state index in [1.54, 1.807) is 10.8 Å². The molecule has 0 fully saturated rings. The second-order valence-corrected chi connectivity index (χ2v) is 5.50. The molecule has 1 aliphatic heterocycles. The molecular weight excluding hydrogens is 228 g/mol. The predicted octanol–water partition coefficient (Wildman–Crippen LogP) is 1.83. The average Bonchev–Trinajstić information content (AvgIpc) is 2.74. The summed E-state index contributed by atoms with van der Waals surface area (Å²) in [5, 5.41) is 8.35. The third-order valence-electron chi connectivity index (χ3n) is 3.03. The van der Waals surface area contributed by atoms with Crippen molar-refractivity contribution in [3.05, 3.63) is 29.8 Å². The number of pyridine rings is 1. The van der Waals surface area contributed by atoms with Crippen LogP contribution in [0.3, 0.4) is 0 Å². The highest BCUT2D eigenvalue weighted by molar-refractivity contribution is 5.90. The number of rotatable bonds is 0. The molecule has 0 bridgehead atoms. The summed E-state index contributed by atoms with van der Waals surface area (Å²) in [7, 11) is 0. The highest BCUT2D eigenvalue weighted by Crippen LogP contribution is 2.30. The first-order valence-corrected chi connectivity index (χ1v) is 5.92. The standard InChI is InChI=1S/C13H14N4O/c1-13(2,3)12-16-15-11-8-5-4-6-14-9(8)7-10(18)17(11)12/h4-6H,7H2,1-3H3. The molecule has 0 amide bonds. The molecule has 0 saturated carbocycles. The summed E-state index contributed by atoms with van der Waals surface area (Å²) in [6.07, 6.45) is 2.01. The van der Waals surface area contributed by atoms with Crippen LogP contribution in [0.5, 0.6) is 0 Å². The van der Waals surface area contributed by atoms with Gasteiger partial charge >= 0.3 is 0 Å². The molecule has 5 heteroatoms. The molecule has 3 heterocycles. The molecule has 18 heavy (non-hydrogen) atoms. The average molecular weight is 242 g/mol. The first-order chi connectivity index (χ1) is 8.48. The van der Waals surface area contributed by atoms with Crippen molar-refractivity contribution in [3.63, 3.8) is 0 Å². The zero-order chi connectivity index (χ0) is 12.9. The Morgan fingerprint density at radius 2 is 2.06 bits per heavy atom. The van der Waals surface area contributed by atoms with Gasteiger partial charge in [0, 0.05) is 17.2 Å². The fourth-order valence-corrected chi connectivity index (χ4v) is 2.19. The second-order valence-electron chi connectivity index (χ2n) is 5.50. The lowest BCUT2D eigenvalue weighted by molar-refractivity contribution is 0.0903. The first kappa shape index (κ1) is 11.1. The Morgan fingerprint density at radius 1 is 1.28 bits per heavy atom. The van der Waals surface area contributed by atoms with E-state index >= 15 is 0 Å². The minimum atomic E-state index is -0.208. The van der Waals surface area contributed by atoms with E-state index in [4.69, 9.17) is 0 Å². The zero-order valence-electron chi connectivity index (χ0n) is 10.6. The van der Waals surface area contributed by atoms with Gasteiger partial charge in [-0.25, -0.2) is 4.57 Å². The van der Waals surface area contributed by atoms with Crippen LogP contribution in [-0.4, -0.2) is 25.7 Å². The number of carbonyl (C=O) groups excluding carboxylic acids is 1. The normalized spacial score (nSPS) is 14.3. The van der Waals surface area contributed by atoms with Gasteiger partial charge in [-0.1, -0.05) is 20.8 Å². The van der Waals surface area contributed by atoms with Gasteiger partial charge in [0.2, 0.25) is 5.91 Å². The Labute approximate surface area is 105 Å². The van der Waals surface area contributed by atoms with Crippen molar-refractivity contribution >= 4 is 5.91 Å². The maximum Gasteiger partial charge on any atom is 0.239 e. The minimum Gasteiger partial charge on any atom is -0.274 e. The molecule has 1 aliphatic rings. The topological polar surface area (TPSA) is 60.7 Å². The Bertz CT molecular complexity index is 637. The highest BCUT2D eigenvalue weighted by atomic mass is 16.2. The van der Waals surface area contributed by atoms with E-state index < -0.39 is 0 Å². The number of hydrogen-bond donors (Lipinski definition) is 0. The lowest BCUT2D eigenvalue weighted by Crippen LogP contribution is -2.28. The third kappa shape index (κ3) is 1.47. The third-order valence-corrected chi connectivity index (χ3v) is 3.03. The van der Waals surface area contributed by atoms with Crippen molar-refractivity contribution in [2.45, 2.75) is 32.6 Å². The molecule has 2 aromatic heterocycles. The molecule has 0 N–H and O–H groups in total. The second kappa shape index (κ2) is 3.48. The maximum atomic E-state index is 12.2. The van der Waals surface area contributed by atoms with Gasteiger partial charge < -0.3 is 0 Å². The van der Waals surface area contributed by atoms with Crippen LogP contribution in [0.4, 0.5) is 0 Å². The van der Waals surface area contributed by atoms with E-state index in [-0.39, 0.29) is 11.3 Å². The molecule has 0 saturated heterocycles. The first-order valence-electron chi connectivity index (χ1n) is 5.92. The van der Waals surface area contributed by atoms with Crippen molar-refractivity contribution in [1.82, 2.24) is 19.7 Å². The van der Waals surface area contributed by atoms with E-state index in [0.717, 1.165) is 11.3 Å². The van der Waals surface area contributed by atoms with Crippen LogP contribution < -0.4 is 0 Å². The quantitative estimate of drug-likeness (QED) is 0.707. The van der Waals surface area contributed by atoms with Crippen LogP contribution in [-0.2, 0) is 11.8 Å². The molecule has 92 valence electrons. The molecule has 0 aliphatic carbocycles. The monoisotopic (exact) mass is 242 g/mol. The van der Waals surface area contributed by atoms with E-state index in [1.165, 1.54) is 0 Å². The molecule has 0 radical (unpaired) electrons. The summed E-state index contributed by atoms with van der Waals surface area (Å²) in [6, 6.07) is 3.78. The summed E-state index contributed by atoms with van der Waals surface area (Å²) < 4.78 is 1.63. The molecule has 5 nitrogen and oxygen atoms in total. The van der Waals surface area contributed by atoms with Gasteiger partial charge in [0.1, 0.15) is 5.82 Å². The van der Waals surface area contributed by atoms with Crippen molar-refractivity contribution in [3.8, 4) is 11.4 Å². The highest BCUT2D eigenvalue weighted by Gasteiger charge is 2.32. The smallest absolute Gasteiger partial charge is 0.239 e. The summed E-state index contributed by atoms with van der Waals surface area (Å²) in [6.45, 7) is 6.07. The fourth-order valence-electron chi connectivity index (χ4n) is 2.19. The number of hydrogen-bond acceptors (Lipinski definition) is 4. The summed E-state index contributed by atoms with van der Waals surface area (Å²) in [4.78, 5) is 16.5. The van der Waals surface area contributed by atoms with E-state index in [0.29, 0.717) is 18.1 Å². The lowest BCUT2D eigenvalue weighted by atomic mass is 9.95. The van der Waals surface area contributed by atoms with Gasteiger partial charge in [0.15, 0.2) is 5.82 Å². The molecule has 0 atom stereocenters. The molecule has 0 aromatic carbocycles. The van der Waals surface area contributed by atoms with E-state index in [2.05, 4.69) is 15.2 Å². The Morgan fingerprint density at radius 3 is 2.78 bits per heavy atom. The number of fused-ring (bicyclic) bond motifs is 3. The summed E-state index contributed by atoms with van der Waals surface area (Å²) >= 11 is 0. The Hall–Kier alpha value is -2.04. The van der Waals surface area contributed by atoms with Crippen molar-refractivity contribution < 1.29 is 4.79 Å². The minimum absolute atomic E-state index is 0.00822. The molecular formula is C13H14N4O. The number of nitrogens with zero attached hydrogens (tertiary/aromatic N) is 4. The van der Waals surface area contributed by atoms with Gasteiger partial charge in [-0.3, -0.25) is 9.78 Å². The van der Waals surface area contributed by atoms with Crippen LogP contribution in [0.2, 0.25) is 0 Å². The van der Waals surface area contributed by atoms with Gasteiger partial charge in [0.25, 0.3) is 0 Å². The van der Waals surface area contributed by atoms with E-state index in [1.807, 2.05) is 32.9 Å². The Kier molecular flexibility index (Phi) is 2.14. The van der Waals surface area contributed by atoms with Gasteiger partial charge in [-0.05, 0) is 12.1 Å². The molecule has 0 spiro atoms. The van der Waals surface area contributed by atoms with Crippen LogP contribution in [0.15, 0.2) is 18.3 Å². The van der Waals surface area contributed by atoms with Crippen molar-refractivity contribution in [2.75, 3.05) is 0 Å². The van der Waals surface area contributed by atoms with Crippen molar-refractivity contribution in [2.24, 2.45) is 0 Å². The summed E-state index contributed by atoms with van der Waals surface area (Å²) in [5.41, 5.74) is 1.48. The van der Waals surface area contributed by atoms with Crippen LogP contribution >= 0.6 is 0 Å². The molecule has 2 aromatic rings. The molecule has 0 unspecified atom stereocenters. The van der Waals surface area contributed by atoms with Gasteiger partial charge in [-0.2, -0.15) is 0 Å². The molecule has 3 rings (SSSR count). The van der Waals surface area contributed by atoms with Crippen LogP contribution in [0.25, 0.3) is 11.4 Å². The van der Waals surface area contributed by atoms with Crippen molar-refractivity contribution in [1.29, 1.82) is 0 Å². The van der Waals surface area contributed by atoms with Gasteiger partial charge in [0.05, 0.1) is 12.1 Å². The predicted molar refractivity (Wildman–Crippen MR) is 66.3 cm³/mol. The Balaban J connectivity index is 2.28.